The molecular formula is C8H8N2OS. The second-order valence-electron chi connectivity index (χ2n) is 2.23. The first kappa shape index (κ1) is 8.91. The van der Waals surface area contributed by atoms with Crippen molar-refractivity contribution in [1.29, 1.82) is 5.26 Å². The number of likely N-dealkylation sites (N-methyl/N-ethyl adjacent to an activating group) is 1. The van der Waals surface area contributed by atoms with Gasteiger partial charge in [-0.15, -0.1) is 11.3 Å². The molecule has 0 radical (unpaired) electrons. The van der Waals surface area contributed by atoms with E-state index in [-0.39, 0.29) is 5.78 Å². The van der Waals surface area contributed by atoms with E-state index in [9.17, 15) is 4.79 Å². The molecular weight excluding hydrogens is 172 g/mol. The monoisotopic (exact) mass is 180 g/mol. The zero-order chi connectivity index (χ0) is 8.97. The highest BCUT2D eigenvalue weighted by Crippen LogP contribution is 2.15. The number of nitriles is 1. The van der Waals surface area contributed by atoms with Crippen molar-refractivity contribution in [2.75, 3.05) is 13.6 Å². The van der Waals surface area contributed by atoms with Crippen molar-refractivity contribution in [2.45, 2.75) is 0 Å². The van der Waals surface area contributed by atoms with Crippen LogP contribution in [0.1, 0.15) is 14.5 Å². The van der Waals surface area contributed by atoms with E-state index in [1.807, 2.05) is 6.07 Å². The van der Waals surface area contributed by atoms with Gasteiger partial charge in [0.1, 0.15) is 10.9 Å². The lowest BCUT2D eigenvalue weighted by atomic mass is 10.3. The summed E-state index contributed by atoms with van der Waals surface area (Å²) >= 11 is 1.23. The fourth-order valence-electron chi connectivity index (χ4n) is 0.796. The molecule has 0 aromatic carbocycles. The van der Waals surface area contributed by atoms with E-state index in [2.05, 4.69) is 5.32 Å². The summed E-state index contributed by atoms with van der Waals surface area (Å²) in [6.07, 6.45) is 0. The van der Waals surface area contributed by atoms with Gasteiger partial charge < -0.3 is 5.32 Å². The maximum Gasteiger partial charge on any atom is 0.186 e. The lowest BCUT2D eigenvalue weighted by molar-refractivity contribution is 0.0997. The molecule has 4 heteroatoms. The lowest BCUT2D eigenvalue weighted by Gasteiger charge is -1.93. The third-order valence-corrected chi connectivity index (χ3v) is 2.36. The summed E-state index contributed by atoms with van der Waals surface area (Å²) in [5.74, 6) is 0.0315. The van der Waals surface area contributed by atoms with Crippen LogP contribution in [0.2, 0.25) is 0 Å². The molecule has 0 aliphatic rings. The fraction of sp³-hybridized carbons (Fsp3) is 0.250. The second kappa shape index (κ2) is 4.00. The minimum atomic E-state index is 0.0315. The Morgan fingerprint density at radius 3 is 3.00 bits per heavy atom. The molecule has 0 saturated heterocycles. The van der Waals surface area contributed by atoms with Crippen LogP contribution in [0.3, 0.4) is 0 Å². The third kappa shape index (κ3) is 1.91. The average molecular weight is 180 g/mol. The first-order valence-electron chi connectivity index (χ1n) is 3.45. The normalized spacial score (nSPS) is 9.33. The molecule has 1 aromatic rings. The summed E-state index contributed by atoms with van der Waals surface area (Å²) in [6.45, 7) is 0.325. The Kier molecular flexibility index (Phi) is 2.97. The van der Waals surface area contributed by atoms with Crippen LogP contribution in [0.25, 0.3) is 0 Å². The summed E-state index contributed by atoms with van der Waals surface area (Å²) in [5, 5.41) is 11.3. The fourth-order valence-corrected chi connectivity index (χ4v) is 1.54. The van der Waals surface area contributed by atoms with E-state index in [1.54, 1.807) is 19.2 Å². The predicted molar refractivity (Wildman–Crippen MR) is 47.3 cm³/mol. The Morgan fingerprint density at radius 1 is 1.75 bits per heavy atom. The van der Waals surface area contributed by atoms with Crippen molar-refractivity contribution < 1.29 is 4.79 Å². The maximum atomic E-state index is 11.2. The van der Waals surface area contributed by atoms with Gasteiger partial charge in [-0.3, -0.25) is 4.79 Å². The number of nitrogens with one attached hydrogen (secondary N) is 1. The van der Waals surface area contributed by atoms with Crippen molar-refractivity contribution in [1.82, 2.24) is 5.32 Å². The number of hydrogen-bond donors (Lipinski definition) is 1. The molecule has 12 heavy (non-hydrogen) atoms. The van der Waals surface area contributed by atoms with Crippen LogP contribution in [0.5, 0.6) is 0 Å². The summed E-state index contributed by atoms with van der Waals surface area (Å²) < 4.78 is 0. The van der Waals surface area contributed by atoms with Crippen LogP contribution in [0.15, 0.2) is 12.1 Å². The van der Waals surface area contributed by atoms with Crippen LogP contribution in [0.4, 0.5) is 0 Å². The molecule has 1 N–H and O–H groups in total. The van der Waals surface area contributed by atoms with Crippen LogP contribution >= 0.6 is 11.3 Å². The summed E-state index contributed by atoms with van der Waals surface area (Å²) in [6, 6.07) is 5.33. The van der Waals surface area contributed by atoms with Gasteiger partial charge in [-0.2, -0.15) is 5.26 Å². The van der Waals surface area contributed by atoms with E-state index < -0.39 is 0 Å². The Bertz CT molecular complexity index is 324. The van der Waals surface area contributed by atoms with Gasteiger partial charge in [-0.05, 0) is 19.2 Å². The molecule has 3 nitrogen and oxygen atoms in total. The van der Waals surface area contributed by atoms with Gasteiger partial charge in [-0.1, -0.05) is 0 Å². The highest BCUT2D eigenvalue weighted by Gasteiger charge is 2.07. The molecule has 1 aromatic heterocycles. The Labute approximate surface area is 74.6 Å². The number of rotatable bonds is 3. The Balaban J connectivity index is 2.76. The van der Waals surface area contributed by atoms with Gasteiger partial charge in [0.2, 0.25) is 0 Å². The molecule has 0 spiro atoms. The van der Waals surface area contributed by atoms with Gasteiger partial charge in [-0.25, -0.2) is 0 Å². The van der Waals surface area contributed by atoms with Crippen molar-refractivity contribution >= 4 is 17.1 Å². The molecule has 0 saturated carbocycles. The largest absolute Gasteiger partial charge is 0.313 e. The zero-order valence-corrected chi connectivity index (χ0v) is 7.44. The van der Waals surface area contributed by atoms with Gasteiger partial charge in [0, 0.05) is 0 Å². The minimum Gasteiger partial charge on any atom is -0.313 e. The maximum absolute atomic E-state index is 11.2. The zero-order valence-electron chi connectivity index (χ0n) is 6.63. The number of nitrogens with zero attached hydrogens (tertiary/aromatic N) is 1. The van der Waals surface area contributed by atoms with Gasteiger partial charge in [0.25, 0.3) is 0 Å². The number of thiophene rings is 1. The van der Waals surface area contributed by atoms with Crippen LogP contribution in [-0.2, 0) is 0 Å². The van der Waals surface area contributed by atoms with Gasteiger partial charge in [0.15, 0.2) is 5.78 Å². The van der Waals surface area contributed by atoms with Crippen molar-refractivity contribution in [2.24, 2.45) is 0 Å². The summed E-state index contributed by atoms with van der Waals surface area (Å²) in [5.41, 5.74) is 0. The first-order valence-corrected chi connectivity index (χ1v) is 4.27. The number of ketones is 1. The van der Waals surface area contributed by atoms with E-state index in [4.69, 9.17) is 5.26 Å². The molecule has 0 unspecified atom stereocenters. The molecule has 0 bridgehead atoms. The van der Waals surface area contributed by atoms with Gasteiger partial charge >= 0.3 is 0 Å². The molecule has 0 aliphatic carbocycles. The van der Waals surface area contributed by atoms with Crippen LogP contribution in [0, 0.1) is 11.3 Å². The predicted octanol–water partition coefficient (Wildman–Crippen LogP) is 1.02. The molecule has 1 heterocycles. The standard InChI is InChI=1S/C8H8N2OS/c1-10-5-7(11)8-3-2-6(4-9)12-8/h2-3,10H,5H2,1H3. The second-order valence-corrected chi connectivity index (χ2v) is 3.31. The highest BCUT2D eigenvalue weighted by atomic mass is 32.1. The SMILES string of the molecule is CNCC(=O)c1ccc(C#N)s1. The number of Topliss-reactive ketones (excluding diaryl/α,β-unsaturated/α-hetero) is 1. The van der Waals surface area contributed by atoms with E-state index in [0.29, 0.717) is 16.3 Å². The van der Waals surface area contributed by atoms with E-state index >= 15 is 0 Å². The van der Waals surface area contributed by atoms with Gasteiger partial charge in [0.05, 0.1) is 11.4 Å². The van der Waals surface area contributed by atoms with Crippen molar-refractivity contribution in [3.63, 3.8) is 0 Å². The van der Waals surface area contributed by atoms with E-state index in [1.165, 1.54) is 11.3 Å². The quantitative estimate of drug-likeness (QED) is 0.706. The smallest absolute Gasteiger partial charge is 0.186 e. The molecule has 62 valence electrons. The average Bonchev–Trinajstić information content (AvgIpc) is 2.52. The van der Waals surface area contributed by atoms with Crippen molar-refractivity contribution in [3.05, 3.63) is 21.9 Å². The molecule has 0 amide bonds. The molecule has 0 atom stereocenters. The van der Waals surface area contributed by atoms with E-state index in [0.717, 1.165) is 0 Å². The highest BCUT2D eigenvalue weighted by molar-refractivity contribution is 7.14. The number of hydrogen-bond acceptors (Lipinski definition) is 4. The Morgan fingerprint density at radius 2 is 2.50 bits per heavy atom. The van der Waals surface area contributed by atoms with Crippen LogP contribution in [-0.4, -0.2) is 19.4 Å². The topological polar surface area (TPSA) is 52.9 Å². The number of carbonyl (C=O) groups is 1. The third-order valence-electron chi connectivity index (χ3n) is 1.33. The molecule has 0 fully saturated rings. The minimum absolute atomic E-state index is 0.0315. The van der Waals surface area contributed by atoms with Crippen LogP contribution < -0.4 is 5.32 Å². The lowest BCUT2D eigenvalue weighted by Crippen LogP contribution is -2.17. The summed E-state index contributed by atoms with van der Waals surface area (Å²) in [7, 11) is 1.72. The van der Waals surface area contributed by atoms with Crippen molar-refractivity contribution in [3.8, 4) is 6.07 Å². The summed E-state index contributed by atoms with van der Waals surface area (Å²) in [4.78, 5) is 12.4. The molecule has 1 rings (SSSR count). The first-order chi connectivity index (χ1) is 5.77. The molecule has 0 aliphatic heterocycles. The Hall–Kier alpha value is -1.18. The number of carbonyl (C=O) groups excluding carboxylic acids is 1.